The number of rotatable bonds is 2. The molecule has 3 nitrogen and oxygen atoms in total. The molecule has 0 amide bonds. The van der Waals surface area contributed by atoms with E-state index >= 15 is 0 Å². The number of nitrogens with zero attached hydrogens (tertiary/aromatic N) is 1. The van der Waals surface area contributed by atoms with E-state index in [1.54, 1.807) is 18.3 Å². The van der Waals surface area contributed by atoms with Crippen molar-refractivity contribution >= 4 is 48.8 Å². The molecule has 0 spiro atoms. The Morgan fingerprint density at radius 2 is 2.26 bits per heavy atom. The minimum absolute atomic E-state index is 0.325. The van der Waals surface area contributed by atoms with Gasteiger partial charge in [0.05, 0.1) is 16.9 Å². The highest BCUT2D eigenvalue weighted by atomic mass is 32.1. The molecule has 0 aliphatic rings. The van der Waals surface area contributed by atoms with E-state index < -0.39 is 0 Å². The van der Waals surface area contributed by atoms with Gasteiger partial charge in [0.25, 0.3) is 0 Å². The van der Waals surface area contributed by atoms with Crippen LogP contribution in [-0.2, 0) is 4.74 Å². The lowest BCUT2D eigenvalue weighted by Crippen LogP contribution is -2.04. The SMILES string of the molecule is CCOC(=O)c1cc2sccc2c2cc(C#N)sc12. The van der Waals surface area contributed by atoms with Crippen LogP contribution in [0.4, 0.5) is 0 Å². The standard InChI is InChI=1S/C14H9NO2S2/c1-2-17-14(16)11-6-12-9(3-4-18-12)10-5-8(7-15)19-13(10)11/h3-6H,2H2,1H3. The molecule has 5 heteroatoms. The van der Waals surface area contributed by atoms with Crippen molar-refractivity contribution in [2.24, 2.45) is 0 Å². The molecular formula is C14H9NO2S2. The summed E-state index contributed by atoms with van der Waals surface area (Å²) in [6, 6.07) is 7.86. The fourth-order valence-corrected chi connectivity index (χ4v) is 3.87. The molecule has 3 rings (SSSR count). The van der Waals surface area contributed by atoms with Crippen LogP contribution in [0.1, 0.15) is 22.2 Å². The van der Waals surface area contributed by atoms with Gasteiger partial charge in [0.2, 0.25) is 0 Å². The molecule has 0 unspecified atom stereocenters. The molecule has 0 aliphatic carbocycles. The van der Waals surface area contributed by atoms with Crippen LogP contribution in [0.3, 0.4) is 0 Å². The molecule has 0 atom stereocenters. The topological polar surface area (TPSA) is 50.1 Å². The number of thiophene rings is 2. The number of benzene rings is 1. The van der Waals surface area contributed by atoms with Gasteiger partial charge in [-0.3, -0.25) is 0 Å². The third kappa shape index (κ3) is 1.89. The van der Waals surface area contributed by atoms with E-state index in [0.29, 0.717) is 17.0 Å². The summed E-state index contributed by atoms with van der Waals surface area (Å²) in [7, 11) is 0. The van der Waals surface area contributed by atoms with Gasteiger partial charge in [-0.15, -0.1) is 22.7 Å². The Morgan fingerprint density at radius 3 is 3.00 bits per heavy atom. The van der Waals surface area contributed by atoms with Crippen LogP contribution in [0.2, 0.25) is 0 Å². The predicted molar refractivity (Wildman–Crippen MR) is 77.9 cm³/mol. The van der Waals surface area contributed by atoms with E-state index in [1.165, 1.54) is 11.3 Å². The molecule has 0 saturated carbocycles. The van der Waals surface area contributed by atoms with Crippen molar-refractivity contribution in [1.82, 2.24) is 0 Å². The maximum absolute atomic E-state index is 12.0. The third-order valence-electron chi connectivity index (χ3n) is 2.84. The van der Waals surface area contributed by atoms with Crippen LogP contribution < -0.4 is 0 Å². The normalized spacial score (nSPS) is 10.7. The summed E-state index contributed by atoms with van der Waals surface area (Å²) >= 11 is 2.92. The molecule has 2 heterocycles. The van der Waals surface area contributed by atoms with Gasteiger partial charge in [-0.2, -0.15) is 5.26 Å². The molecule has 0 fully saturated rings. The number of nitriles is 1. The summed E-state index contributed by atoms with van der Waals surface area (Å²) in [6.45, 7) is 2.13. The summed E-state index contributed by atoms with van der Waals surface area (Å²) < 4.78 is 6.97. The fourth-order valence-electron chi connectivity index (χ4n) is 2.06. The summed E-state index contributed by atoms with van der Waals surface area (Å²) in [5, 5.41) is 13.1. The number of carbonyl (C=O) groups excluding carboxylic acids is 1. The van der Waals surface area contributed by atoms with Crippen LogP contribution in [0.5, 0.6) is 0 Å². The van der Waals surface area contributed by atoms with Crippen molar-refractivity contribution in [3.05, 3.63) is 34.0 Å². The molecule has 1 aromatic carbocycles. The van der Waals surface area contributed by atoms with Crippen LogP contribution in [-0.4, -0.2) is 12.6 Å². The zero-order valence-electron chi connectivity index (χ0n) is 10.1. The predicted octanol–water partition coefficient (Wildman–Crippen LogP) is 4.16. The van der Waals surface area contributed by atoms with E-state index in [-0.39, 0.29) is 5.97 Å². The number of esters is 1. The molecule has 19 heavy (non-hydrogen) atoms. The first kappa shape index (κ1) is 12.2. The molecule has 0 bridgehead atoms. The van der Waals surface area contributed by atoms with Crippen LogP contribution in [0.15, 0.2) is 23.6 Å². The summed E-state index contributed by atoms with van der Waals surface area (Å²) in [4.78, 5) is 12.6. The lowest BCUT2D eigenvalue weighted by Gasteiger charge is -2.04. The van der Waals surface area contributed by atoms with E-state index in [1.807, 2.05) is 23.6 Å². The first-order valence-corrected chi connectivity index (χ1v) is 7.45. The Kier molecular flexibility index (Phi) is 2.97. The Bertz CT molecular complexity index is 823. The zero-order valence-corrected chi connectivity index (χ0v) is 11.7. The maximum Gasteiger partial charge on any atom is 0.339 e. The molecule has 0 N–H and O–H groups in total. The van der Waals surface area contributed by atoms with E-state index in [0.717, 1.165) is 20.2 Å². The molecule has 94 valence electrons. The molecular weight excluding hydrogens is 278 g/mol. The van der Waals surface area contributed by atoms with Crippen LogP contribution in [0, 0.1) is 11.3 Å². The lowest BCUT2D eigenvalue weighted by molar-refractivity contribution is 0.0529. The van der Waals surface area contributed by atoms with Gasteiger partial charge in [-0.1, -0.05) is 0 Å². The second-order valence-electron chi connectivity index (χ2n) is 3.94. The zero-order chi connectivity index (χ0) is 13.4. The van der Waals surface area contributed by atoms with Crippen molar-refractivity contribution in [2.75, 3.05) is 6.61 Å². The number of hydrogen-bond donors (Lipinski definition) is 0. The smallest absolute Gasteiger partial charge is 0.339 e. The van der Waals surface area contributed by atoms with Crippen LogP contribution in [0.25, 0.3) is 20.2 Å². The number of fused-ring (bicyclic) bond motifs is 3. The summed E-state index contributed by atoms with van der Waals surface area (Å²) in [5.41, 5.74) is 0.554. The van der Waals surface area contributed by atoms with Crippen molar-refractivity contribution in [3.63, 3.8) is 0 Å². The highest BCUT2D eigenvalue weighted by molar-refractivity contribution is 7.21. The lowest BCUT2D eigenvalue weighted by atomic mass is 10.1. The molecule has 0 aliphatic heterocycles. The van der Waals surface area contributed by atoms with Crippen molar-refractivity contribution in [2.45, 2.75) is 6.92 Å². The maximum atomic E-state index is 12.0. The fraction of sp³-hybridized carbons (Fsp3) is 0.143. The minimum atomic E-state index is -0.325. The number of ether oxygens (including phenoxy) is 1. The monoisotopic (exact) mass is 287 g/mol. The Balaban J connectivity index is 2.37. The summed E-state index contributed by atoms with van der Waals surface area (Å²) in [5.74, 6) is -0.325. The van der Waals surface area contributed by atoms with Crippen molar-refractivity contribution in [1.29, 1.82) is 5.26 Å². The van der Waals surface area contributed by atoms with Crippen molar-refractivity contribution < 1.29 is 9.53 Å². The quantitative estimate of drug-likeness (QED) is 0.665. The van der Waals surface area contributed by atoms with Gasteiger partial charge in [0.15, 0.2) is 0 Å². The van der Waals surface area contributed by atoms with Gasteiger partial charge in [-0.25, -0.2) is 4.79 Å². The number of hydrogen-bond acceptors (Lipinski definition) is 5. The van der Waals surface area contributed by atoms with E-state index in [9.17, 15) is 4.79 Å². The first-order valence-electron chi connectivity index (χ1n) is 5.75. The first-order chi connectivity index (χ1) is 9.24. The highest BCUT2D eigenvalue weighted by Gasteiger charge is 2.17. The highest BCUT2D eigenvalue weighted by Crippen LogP contribution is 2.37. The second kappa shape index (κ2) is 4.65. The van der Waals surface area contributed by atoms with Crippen molar-refractivity contribution in [3.8, 4) is 6.07 Å². The molecule has 0 radical (unpaired) electrons. The van der Waals surface area contributed by atoms with Gasteiger partial charge < -0.3 is 4.74 Å². The summed E-state index contributed by atoms with van der Waals surface area (Å²) in [6.07, 6.45) is 0. The van der Waals surface area contributed by atoms with E-state index in [4.69, 9.17) is 10.00 Å². The Labute approximate surface area is 117 Å². The van der Waals surface area contributed by atoms with Gasteiger partial charge >= 0.3 is 5.97 Å². The average Bonchev–Trinajstić information content (AvgIpc) is 3.03. The third-order valence-corrected chi connectivity index (χ3v) is 4.78. The molecule has 2 aromatic heterocycles. The largest absolute Gasteiger partial charge is 0.462 e. The number of carbonyl (C=O) groups is 1. The molecule has 0 saturated heterocycles. The Hall–Kier alpha value is -1.90. The molecule has 3 aromatic rings. The Morgan fingerprint density at radius 1 is 1.42 bits per heavy atom. The second-order valence-corrected chi connectivity index (χ2v) is 5.94. The van der Waals surface area contributed by atoms with Crippen LogP contribution >= 0.6 is 22.7 Å². The van der Waals surface area contributed by atoms with Gasteiger partial charge in [0, 0.05) is 15.5 Å². The van der Waals surface area contributed by atoms with E-state index in [2.05, 4.69) is 6.07 Å². The minimum Gasteiger partial charge on any atom is -0.462 e. The van der Waals surface area contributed by atoms with Gasteiger partial charge in [-0.05, 0) is 30.5 Å². The van der Waals surface area contributed by atoms with Gasteiger partial charge in [0.1, 0.15) is 10.9 Å². The average molecular weight is 287 g/mol.